The first-order valence-corrected chi connectivity index (χ1v) is 8.66. The van der Waals surface area contributed by atoms with E-state index in [0.717, 1.165) is 11.1 Å². The molecule has 138 valence electrons. The monoisotopic (exact) mass is 374 g/mol. The average molecular weight is 375 g/mol. The molecule has 6 heteroatoms. The summed E-state index contributed by atoms with van der Waals surface area (Å²) in [6.45, 7) is 3.73. The van der Waals surface area contributed by atoms with Gasteiger partial charge < -0.3 is 15.4 Å². The highest BCUT2D eigenvalue weighted by Gasteiger charge is 2.35. The van der Waals surface area contributed by atoms with Gasteiger partial charge in [0, 0.05) is 23.7 Å². The maximum atomic E-state index is 12.5. The summed E-state index contributed by atoms with van der Waals surface area (Å²) in [5, 5.41) is 6.15. The van der Waals surface area contributed by atoms with Crippen molar-refractivity contribution in [3.8, 4) is 5.75 Å². The Labute approximate surface area is 158 Å². The number of hydrogen-bond acceptors (Lipinski definition) is 3. The standard InChI is InChI=1S/C20H23ClN2O3/c1-20(2,18(24)22-12-14-8-4-6-10-16(14)21)19(25)23-13-15-9-5-7-11-17(15)26-3/h4-11H,12-13H2,1-3H3,(H,22,24)(H,23,25). The SMILES string of the molecule is COc1ccccc1CNC(=O)C(C)(C)C(=O)NCc1ccccc1Cl. The fraction of sp³-hybridized carbons (Fsp3) is 0.300. The lowest BCUT2D eigenvalue weighted by molar-refractivity contribution is -0.141. The molecule has 2 aromatic rings. The van der Waals surface area contributed by atoms with Crippen molar-refractivity contribution >= 4 is 23.4 Å². The number of carbonyl (C=O) groups excluding carboxylic acids is 2. The molecule has 2 aromatic carbocycles. The summed E-state index contributed by atoms with van der Waals surface area (Å²) in [4.78, 5) is 25.0. The molecule has 0 heterocycles. The van der Waals surface area contributed by atoms with Crippen molar-refractivity contribution in [1.82, 2.24) is 10.6 Å². The number of halogens is 1. The highest BCUT2D eigenvalue weighted by atomic mass is 35.5. The predicted octanol–water partition coefficient (Wildman–Crippen LogP) is 3.31. The second kappa shape index (κ2) is 8.72. The quantitative estimate of drug-likeness (QED) is 0.730. The molecule has 0 aliphatic heterocycles. The van der Waals surface area contributed by atoms with Crippen LogP contribution in [-0.2, 0) is 22.7 Å². The van der Waals surface area contributed by atoms with E-state index >= 15 is 0 Å². The third-order valence-electron chi connectivity index (χ3n) is 4.16. The first kappa shape index (κ1) is 19.8. The molecule has 0 aliphatic carbocycles. The van der Waals surface area contributed by atoms with Crippen molar-refractivity contribution in [3.05, 3.63) is 64.7 Å². The maximum absolute atomic E-state index is 12.5. The topological polar surface area (TPSA) is 67.4 Å². The molecule has 0 bridgehead atoms. The minimum absolute atomic E-state index is 0.266. The summed E-state index contributed by atoms with van der Waals surface area (Å²) in [7, 11) is 1.58. The lowest BCUT2D eigenvalue weighted by atomic mass is 9.91. The van der Waals surface area contributed by atoms with Gasteiger partial charge in [-0.15, -0.1) is 0 Å². The molecule has 0 radical (unpaired) electrons. The minimum atomic E-state index is -1.22. The summed E-state index contributed by atoms with van der Waals surface area (Å²) >= 11 is 6.09. The summed E-state index contributed by atoms with van der Waals surface area (Å²) in [5.74, 6) is -0.0382. The first-order valence-electron chi connectivity index (χ1n) is 8.28. The Kier molecular flexibility index (Phi) is 6.64. The molecule has 0 aromatic heterocycles. The molecule has 2 rings (SSSR count). The van der Waals surface area contributed by atoms with Gasteiger partial charge in [-0.2, -0.15) is 0 Å². The molecule has 2 N–H and O–H groups in total. The molecular formula is C20H23ClN2O3. The maximum Gasteiger partial charge on any atom is 0.235 e. The summed E-state index contributed by atoms with van der Waals surface area (Å²) in [6.07, 6.45) is 0. The first-order chi connectivity index (χ1) is 12.4. The van der Waals surface area contributed by atoms with E-state index in [9.17, 15) is 9.59 Å². The van der Waals surface area contributed by atoms with Crippen LogP contribution in [0.5, 0.6) is 5.75 Å². The Morgan fingerprint density at radius 3 is 2.00 bits per heavy atom. The Balaban J connectivity index is 1.95. The molecule has 26 heavy (non-hydrogen) atoms. The summed E-state index contributed by atoms with van der Waals surface area (Å²) < 4.78 is 5.27. The van der Waals surface area contributed by atoms with Gasteiger partial charge in [0.25, 0.3) is 0 Å². The largest absolute Gasteiger partial charge is 0.496 e. The van der Waals surface area contributed by atoms with E-state index in [1.807, 2.05) is 42.5 Å². The molecule has 0 saturated heterocycles. The zero-order chi connectivity index (χ0) is 19.2. The normalized spacial score (nSPS) is 10.9. The highest BCUT2D eigenvalue weighted by molar-refractivity contribution is 6.31. The van der Waals surface area contributed by atoms with Gasteiger partial charge in [-0.3, -0.25) is 9.59 Å². The number of nitrogens with one attached hydrogen (secondary N) is 2. The Morgan fingerprint density at radius 1 is 0.923 bits per heavy atom. The Bertz CT molecular complexity index is 790. The fourth-order valence-electron chi connectivity index (χ4n) is 2.39. The lowest BCUT2D eigenvalue weighted by Gasteiger charge is -2.23. The van der Waals surface area contributed by atoms with Crippen LogP contribution < -0.4 is 15.4 Å². The molecule has 0 unspecified atom stereocenters. The predicted molar refractivity (Wildman–Crippen MR) is 102 cm³/mol. The molecular weight excluding hydrogens is 352 g/mol. The Morgan fingerprint density at radius 2 is 1.42 bits per heavy atom. The smallest absolute Gasteiger partial charge is 0.235 e. The van der Waals surface area contributed by atoms with Crippen molar-refractivity contribution in [2.45, 2.75) is 26.9 Å². The second-order valence-corrected chi connectivity index (χ2v) is 6.80. The molecule has 0 fully saturated rings. The van der Waals surface area contributed by atoms with Crippen LogP contribution in [0, 0.1) is 5.41 Å². The Hall–Kier alpha value is -2.53. The number of rotatable bonds is 7. The van der Waals surface area contributed by atoms with E-state index < -0.39 is 5.41 Å². The molecule has 0 aliphatic rings. The second-order valence-electron chi connectivity index (χ2n) is 6.39. The van der Waals surface area contributed by atoms with Crippen LogP contribution in [0.3, 0.4) is 0 Å². The number of carbonyl (C=O) groups is 2. The van der Waals surface area contributed by atoms with E-state index in [2.05, 4.69) is 10.6 Å². The van der Waals surface area contributed by atoms with Crippen LogP contribution in [-0.4, -0.2) is 18.9 Å². The van der Waals surface area contributed by atoms with E-state index in [1.54, 1.807) is 27.0 Å². The van der Waals surface area contributed by atoms with Crippen molar-refractivity contribution in [2.75, 3.05) is 7.11 Å². The van der Waals surface area contributed by atoms with Crippen molar-refractivity contribution in [1.29, 1.82) is 0 Å². The minimum Gasteiger partial charge on any atom is -0.496 e. The van der Waals surface area contributed by atoms with E-state index in [4.69, 9.17) is 16.3 Å². The highest BCUT2D eigenvalue weighted by Crippen LogP contribution is 2.20. The number of benzene rings is 2. The lowest BCUT2D eigenvalue weighted by Crippen LogP contribution is -2.47. The van der Waals surface area contributed by atoms with Gasteiger partial charge in [-0.1, -0.05) is 48.0 Å². The van der Waals surface area contributed by atoms with Gasteiger partial charge in [0.1, 0.15) is 11.2 Å². The van der Waals surface area contributed by atoms with Crippen LogP contribution in [0.25, 0.3) is 0 Å². The van der Waals surface area contributed by atoms with Gasteiger partial charge in [-0.25, -0.2) is 0 Å². The van der Waals surface area contributed by atoms with E-state index in [1.165, 1.54) is 0 Å². The summed E-state index contributed by atoms with van der Waals surface area (Å²) in [6, 6.07) is 14.7. The fourth-order valence-corrected chi connectivity index (χ4v) is 2.59. The molecule has 0 spiro atoms. The number of ether oxygens (including phenoxy) is 1. The third-order valence-corrected chi connectivity index (χ3v) is 4.53. The summed E-state index contributed by atoms with van der Waals surface area (Å²) in [5.41, 5.74) is 0.423. The van der Waals surface area contributed by atoms with Gasteiger partial charge in [0.2, 0.25) is 11.8 Å². The van der Waals surface area contributed by atoms with Crippen molar-refractivity contribution in [3.63, 3.8) is 0 Å². The van der Waals surface area contributed by atoms with Crippen LogP contribution in [0.4, 0.5) is 0 Å². The van der Waals surface area contributed by atoms with Gasteiger partial charge in [0.05, 0.1) is 7.11 Å². The van der Waals surface area contributed by atoms with Gasteiger partial charge in [-0.05, 0) is 31.5 Å². The van der Waals surface area contributed by atoms with Crippen molar-refractivity contribution < 1.29 is 14.3 Å². The molecule has 2 amide bonds. The van der Waals surface area contributed by atoms with Crippen molar-refractivity contribution in [2.24, 2.45) is 5.41 Å². The van der Waals surface area contributed by atoms with Crippen LogP contribution in [0.2, 0.25) is 5.02 Å². The average Bonchev–Trinajstić information content (AvgIpc) is 2.65. The molecule has 0 atom stereocenters. The van der Waals surface area contributed by atoms with E-state index in [-0.39, 0.29) is 24.9 Å². The van der Waals surface area contributed by atoms with Crippen LogP contribution >= 0.6 is 11.6 Å². The van der Waals surface area contributed by atoms with Gasteiger partial charge in [0.15, 0.2) is 0 Å². The van der Waals surface area contributed by atoms with Gasteiger partial charge >= 0.3 is 0 Å². The van der Waals surface area contributed by atoms with Crippen LogP contribution in [0.15, 0.2) is 48.5 Å². The van der Waals surface area contributed by atoms with E-state index in [0.29, 0.717) is 10.8 Å². The number of methoxy groups -OCH3 is 1. The number of amides is 2. The zero-order valence-corrected chi connectivity index (χ0v) is 15.9. The zero-order valence-electron chi connectivity index (χ0n) is 15.1. The third kappa shape index (κ3) is 4.76. The van der Waals surface area contributed by atoms with Crippen LogP contribution in [0.1, 0.15) is 25.0 Å². The molecule has 5 nitrogen and oxygen atoms in total. The molecule has 0 saturated carbocycles. The number of hydrogen-bond donors (Lipinski definition) is 2. The number of para-hydroxylation sites is 1.